The number of nitrogens with zero attached hydrogens (tertiary/aromatic N) is 1. The summed E-state index contributed by atoms with van der Waals surface area (Å²) in [5.41, 5.74) is 1.82. The van der Waals surface area contributed by atoms with Crippen LogP contribution >= 0.6 is 0 Å². The molecule has 0 aliphatic carbocycles. The highest BCUT2D eigenvalue weighted by Crippen LogP contribution is 2.21. The summed E-state index contributed by atoms with van der Waals surface area (Å²) >= 11 is 0. The summed E-state index contributed by atoms with van der Waals surface area (Å²) in [5, 5.41) is 13.6. The number of aryl methyl sites for hydroxylation is 1. The van der Waals surface area contributed by atoms with Crippen molar-refractivity contribution in [3.8, 4) is 11.8 Å². The molecule has 1 rings (SSSR count). The number of nitro benzene ring substituents is 1. The molecule has 1 aromatic rings. The molecule has 0 aliphatic heterocycles. The second-order valence-corrected chi connectivity index (χ2v) is 3.04. The van der Waals surface area contributed by atoms with Gasteiger partial charge in [-0.15, -0.1) is 5.92 Å². The molecule has 0 aromatic heterocycles. The Kier molecular flexibility index (Phi) is 3.69. The van der Waals surface area contributed by atoms with E-state index < -0.39 is 4.92 Å². The van der Waals surface area contributed by atoms with E-state index in [0.717, 1.165) is 11.3 Å². The molecule has 0 saturated carbocycles. The second-order valence-electron chi connectivity index (χ2n) is 3.04. The maximum atomic E-state index is 10.5. The summed E-state index contributed by atoms with van der Waals surface area (Å²) in [5.74, 6) is 5.59. The lowest BCUT2D eigenvalue weighted by Crippen LogP contribution is -2.01. The van der Waals surface area contributed by atoms with E-state index >= 15 is 0 Å². The molecule has 0 saturated heterocycles. The van der Waals surface area contributed by atoms with Gasteiger partial charge in [-0.3, -0.25) is 10.1 Å². The molecule has 0 heterocycles. The van der Waals surface area contributed by atoms with Crippen LogP contribution in [-0.4, -0.2) is 11.5 Å². The highest BCUT2D eigenvalue weighted by molar-refractivity contribution is 5.57. The van der Waals surface area contributed by atoms with E-state index in [1.54, 1.807) is 13.0 Å². The number of nitro groups is 1. The fourth-order valence-corrected chi connectivity index (χ4v) is 1.14. The lowest BCUT2D eigenvalue weighted by atomic mass is 10.2. The molecule has 0 fully saturated rings. The lowest BCUT2D eigenvalue weighted by Gasteiger charge is -2.05. The standard InChI is InChI=1S/C11H12N2O2/c1-3-4-7-12-11-8-10(13(14)15)6-5-9(11)2/h5-6,8,12H,7H2,1-2H3. The van der Waals surface area contributed by atoms with Crippen molar-refractivity contribution in [2.75, 3.05) is 11.9 Å². The van der Waals surface area contributed by atoms with E-state index in [2.05, 4.69) is 17.2 Å². The molecule has 15 heavy (non-hydrogen) atoms. The van der Waals surface area contributed by atoms with Crippen LogP contribution in [0.2, 0.25) is 0 Å². The van der Waals surface area contributed by atoms with Crippen molar-refractivity contribution in [1.82, 2.24) is 0 Å². The predicted octanol–water partition coefficient (Wildman–Crippen LogP) is 2.34. The minimum atomic E-state index is -0.407. The first kappa shape index (κ1) is 11.1. The quantitative estimate of drug-likeness (QED) is 0.467. The van der Waals surface area contributed by atoms with E-state index in [-0.39, 0.29) is 5.69 Å². The van der Waals surface area contributed by atoms with Gasteiger partial charge in [-0.25, -0.2) is 0 Å². The van der Waals surface area contributed by atoms with Crippen molar-refractivity contribution in [1.29, 1.82) is 0 Å². The van der Waals surface area contributed by atoms with E-state index in [0.29, 0.717) is 6.54 Å². The average Bonchev–Trinajstić information content (AvgIpc) is 2.20. The third-order valence-corrected chi connectivity index (χ3v) is 1.98. The summed E-state index contributed by atoms with van der Waals surface area (Å²) in [6, 6.07) is 4.73. The van der Waals surface area contributed by atoms with Gasteiger partial charge in [0.05, 0.1) is 11.5 Å². The zero-order valence-corrected chi connectivity index (χ0v) is 8.70. The van der Waals surface area contributed by atoms with Crippen molar-refractivity contribution in [2.24, 2.45) is 0 Å². The Bertz CT molecular complexity index is 430. The van der Waals surface area contributed by atoms with Gasteiger partial charge in [-0.05, 0) is 19.4 Å². The van der Waals surface area contributed by atoms with Crippen LogP contribution in [0, 0.1) is 28.9 Å². The van der Waals surface area contributed by atoms with Crippen LogP contribution < -0.4 is 5.32 Å². The lowest BCUT2D eigenvalue weighted by molar-refractivity contribution is -0.384. The Hall–Kier alpha value is -2.02. The number of anilines is 1. The van der Waals surface area contributed by atoms with Crippen LogP contribution in [0.25, 0.3) is 0 Å². The van der Waals surface area contributed by atoms with Gasteiger partial charge >= 0.3 is 0 Å². The van der Waals surface area contributed by atoms with Gasteiger partial charge in [0.1, 0.15) is 0 Å². The van der Waals surface area contributed by atoms with Crippen LogP contribution in [0.15, 0.2) is 18.2 Å². The van der Waals surface area contributed by atoms with Gasteiger partial charge in [-0.2, -0.15) is 0 Å². The molecule has 4 nitrogen and oxygen atoms in total. The first-order valence-corrected chi connectivity index (χ1v) is 4.53. The number of non-ortho nitro benzene ring substituents is 1. The largest absolute Gasteiger partial charge is 0.374 e. The Labute approximate surface area is 88.5 Å². The van der Waals surface area contributed by atoms with Crippen LogP contribution in [0.3, 0.4) is 0 Å². The molecule has 0 atom stereocenters. The third-order valence-electron chi connectivity index (χ3n) is 1.98. The topological polar surface area (TPSA) is 55.2 Å². The number of benzene rings is 1. The van der Waals surface area contributed by atoms with Crippen LogP contribution in [0.4, 0.5) is 11.4 Å². The van der Waals surface area contributed by atoms with Crippen molar-refractivity contribution in [2.45, 2.75) is 13.8 Å². The van der Waals surface area contributed by atoms with Crippen LogP contribution in [0.1, 0.15) is 12.5 Å². The van der Waals surface area contributed by atoms with E-state index in [1.807, 2.05) is 6.92 Å². The van der Waals surface area contributed by atoms with E-state index in [9.17, 15) is 10.1 Å². The van der Waals surface area contributed by atoms with Crippen molar-refractivity contribution in [3.05, 3.63) is 33.9 Å². The highest BCUT2D eigenvalue weighted by Gasteiger charge is 2.07. The molecule has 78 valence electrons. The van der Waals surface area contributed by atoms with Crippen molar-refractivity contribution < 1.29 is 4.92 Å². The monoisotopic (exact) mass is 204 g/mol. The molecule has 0 radical (unpaired) electrons. The summed E-state index contributed by atoms with van der Waals surface area (Å²) in [6.07, 6.45) is 0. The Morgan fingerprint density at radius 2 is 2.27 bits per heavy atom. The zero-order valence-electron chi connectivity index (χ0n) is 8.70. The van der Waals surface area contributed by atoms with Gasteiger partial charge in [0.25, 0.3) is 5.69 Å². The third kappa shape index (κ3) is 2.99. The second kappa shape index (κ2) is 5.01. The van der Waals surface area contributed by atoms with Gasteiger partial charge < -0.3 is 5.32 Å². The maximum Gasteiger partial charge on any atom is 0.271 e. The predicted molar refractivity (Wildman–Crippen MR) is 59.8 cm³/mol. The number of hydrogen-bond donors (Lipinski definition) is 1. The summed E-state index contributed by atoms with van der Waals surface area (Å²) in [4.78, 5) is 10.1. The Morgan fingerprint density at radius 3 is 2.87 bits per heavy atom. The summed E-state index contributed by atoms with van der Waals surface area (Å²) in [6.45, 7) is 4.14. The smallest absolute Gasteiger partial charge is 0.271 e. The molecule has 4 heteroatoms. The van der Waals surface area contributed by atoms with Crippen molar-refractivity contribution in [3.63, 3.8) is 0 Å². The maximum absolute atomic E-state index is 10.5. The molecule has 0 unspecified atom stereocenters. The van der Waals surface area contributed by atoms with E-state index in [4.69, 9.17) is 0 Å². The van der Waals surface area contributed by atoms with E-state index in [1.165, 1.54) is 12.1 Å². The first-order valence-electron chi connectivity index (χ1n) is 4.53. The normalized spacial score (nSPS) is 8.93. The number of rotatable bonds is 3. The molecule has 0 amide bonds. The minimum absolute atomic E-state index is 0.0903. The molecule has 0 spiro atoms. The summed E-state index contributed by atoms with van der Waals surface area (Å²) in [7, 11) is 0. The first-order chi connectivity index (χ1) is 7.15. The number of nitrogens with one attached hydrogen (secondary N) is 1. The Morgan fingerprint density at radius 1 is 1.53 bits per heavy atom. The molecule has 1 aromatic carbocycles. The van der Waals surface area contributed by atoms with Gasteiger partial charge in [0, 0.05) is 17.8 Å². The van der Waals surface area contributed by atoms with Gasteiger partial charge in [0.15, 0.2) is 0 Å². The Balaban J connectivity index is 2.88. The van der Waals surface area contributed by atoms with Crippen molar-refractivity contribution >= 4 is 11.4 Å². The van der Waals surface area contributed by atoms with Crippen LogP contribution in [0.5, 0.6) is 0 Å². The fraction of sp³-hybridized carbons (Fsp3) is 0.273. The van der Waals surface area contributed by atoms with Gasteiger partial charge in [-0.1, -0.05) is 12.0 Å². The SMILES string of the molecule is CC#CCNc1cc([N+](=O)[O-])ccc1C. The molecule has 0 bridgehead atoms. The highest BCUT2D eigenvalue weighted by atomic mass is 16.6. The molecule has 1 N–H and O–H groups in total. The average molecular weight is 204 g/mol. The van der Waals surface area contributed by atoms with Gasteiger partial charge in [0.2, 0.25) is 0 Å². The van der Waals surface area contributed by atoms with Crippen LogP contribution in [-0.2, 0) is 0 Å². The fourth-order valence-electron chi connectivity index (χ4n) is 1.14. The molecular weight excluding hydrogens is 192 g/mol. The zero-order chi connectivity index (χ0) is 11.3. The summed E-state index contributed by atoms with van der Waals surface area (Å²) < 4.78 is 0. The minimum Gasteiger partial charge on any atom is -0.374 e. The molecular formula is C11H12N2O2. The number of hydrogen-bond acceptors (Lipinski definition) is 3. The molecule has 0 aliphatic rings.